The highest BCUT2D eigenvalue weighted by molar-refractivity contribution is 5.92. The summed E-state index contributed by atoms with van der Waals surface area (Å²) in [6.07, 6.45) is 3.30. The van der Waals surface area contributed by atoms with Crippen molar-refractivity contribution >= 4 is 11.6 Å². The van der Waals surface area contributed by atoms with E-state index in [4.69, 9.17) is 9.47 Å². The number of aryl methyl sites for hydroxylation is 1. The van der Waals surface area contributed by atoms with Crippen LogP contribution in [-0.2, 0) is 11.2 Å². The Morgan fingerprint density at radius 1 is 1.00 bits per heavy atom. The molecule has 0 heterocycles. The van der Waals surface area contributed by atoms with E-state index in [9.17, 15) is 4.79 Å². The Bertz CT molecular complexity index is 652. The van der Waals surface area contributed by atoms with Gasteiger partial charge < -0.3 is 14.8 Å². The first-order valence-electron chi connectivity index (χ1n) is 8.96. The average Bonchev–Trinajstić information content (AvgIpc) is 2.62. The summed E-state index contributed by atoms with van der Waals surface area (Å²) in [5.41, 5.74) is 2.03. The van der Waals surface area contributed by atoms with Crippen LogP contribution in [0, 0.1) is 0 Å². The van der Waals surface area contributed by atoms with E-state index < -0.39 is 0 Å². The summed E-state index contributed by atoms with van der Waals surface area (Å²) in [5.74, 6) is 1.51. The van der Waals surface area contributed by atoms with Crippen LogP contribution in [0.2, 0.25) is 0 Å². The van der Waals surface area contributed by atoms with Gasteiger partial charge in [-0.3, -0.25) is 4.79 Å². The zero-order valence-corrected chi connectivity index (χ0v) is 15.1. The molecule has 2 aromatic rings. The fourth-order valence-corrected chi connectivity index (χ4v) is 2.53. The first-order valence-corrected chi connectivity index (χ1v) is 8.96. The average molecular weight is 341 g/mol. The molecule has 0 radical (unpaired) electrons. The highest BCUT2D eigenvalue weighted by atomic mass is 16.5. The van der Waals surface area contributed by atoms with Crippen molar-refractivity contribution in [1.29, 1.82) is 0 Å². The Kier molecular flexibility index (Phi) is 7.83. The molecule has 0 saturated carbocycles. The molecule has 0 atom stereocenters. The van der Waals surface area contributed by atoms with Gasteiger partial charge in [0, 0.05) is 6.42 Å². The zero-order valence-electron chi connectivity index (χ0n) is 15.1. The number of amides is 1. The van der Waals surface area contributed by atoms with Gasteiger partial charge in [0.2, 0.25) is 5.91 Å². The number of ether oxygens (including phenoxy) is 2. The number of hydrogen-bond acceptors (Lipinski definition) is 3. The standard InChI is InChI=1S/C21H27NO3/c1-3-8-17-12-14-18(15-13-17)25-16-7-11-21(23)22-19-9-5-6-10-20(19)24-4-2/h5-6,9-10,12-15H,3-4,7-8,11,16H2,1-2H3,(H,22,23). The summed E-state index contributed by atoms with van der Waals surface area (Å²) in [6.45, 7) is 5.18. The molecule has 0 unspecified atom stereocenters. The molecule has 4 heteroatoms. The van der Waals surface area contributed by atoms with Gasteiger partial charge in [-0.15, -0.1) is 0 Å². The molecule has 0 aliphatic heterocycles. The Balaban J connectivity index is 1.72. The second-order valence-electron chi connectivity index (χ2n) is 5.82. The van der Waals surface area contributed by atoms with E-state index in [0.717, 1.165) is 18.6 Å². The topological polar surface area (TPSA) is 47.6 Å². The summed E-state index contributed by atoms with van der Waals surface area (Å²) in [4.78, 5) is 12.1. The number of carbonyl (C=O) groups excluding carboxylic acids is 1. The summed E-state index contributed by atoms with van der Waals surface area (Å²) in [7, 11) is 0. The number of benzene rings is 2. The molecule has 0 spiro atoms. The third-order valence-electron chi connectivity index (χ3n) is 3.74. The molecule has 0 aromatic heterocycles. The van der Waals surface area contributed by atoms with Gasteiger partial charge >= 0.3 is 0 Å². The third-order valence-corrected chi connectivity index (χ3v) is 3.74. The van der Waals surface area contributed by atoms with Crippen LogP contribution in [0.25, 0.3) is 0 Å². The van der Waals surface area contributed by atoms with E-state index in [1.165, 1.54) is 5.56 Å². The Morgan fingerprint density at radius 2 is 1.76 bits per heavy atom. The van der Waals surface area contributed by atoms with Crippen LogP contribution in [0.1, 0.15) is 38.7 Å². The second kappa shape index (κ2) is 10.4. The summed E-state index contributed by atoms with van der Waals surface area (Å²) >= 11 is 0. The molecule has 2 aromatic carbocycles. The SMILES string of the molecule is CCCc1ccc(OCCCC(=O)Nc2ccccc2OCC)cc1. The molecule has 134 valence electrons. The van der Waals surface area contributed by atoms with Crippen molar-refractivity contribution in [3.05, 3.63) is 54.1 Å². The van der Waals surface area contributed by atoms with Crippen LogP contribution < -0.4 is 14.8 Å². The molecule has 0 aliphatic carbocycles. The highest BCUT2D eigenvalue weighted by Gasteiger charge is 2.07. The maximum absolute atomic E-state index is 12.1. The van der Waals surface area contributed by atoms with Crippen LogP contribution >= 0.6 is 0 Å². The molecule has 1 N–H and O–H groups in total. The normalized spacial score (nSPS) is 10.3. The molecule has 2 rings (SSSR count). The number of rotatable bonds is 10. The van der Waals surface area contributed by atoms with E-state index in [-0.39, 0.29) is 5.91 Å². The van der Waals surface area contributed by atoms with Gasteiger partial charge in [-0.05, 0) is 49.6 Å². The first kappa shape index (κ1) is 18.8. The van der Waals surface area contributed by atoms with Crippen LogP contribution in [0.3, 0.4) is 0 Å². The fraction of sp³-hybridized carbons (Fsp3) is 0.381. The van der Waals surface area contributed by atoms with Gasteiger partial charge in [0.1, 0.15) is 11.5 Å². The number of para-hydroxylation sites is 2. The summed E-state index contributed by atoms with van der Waals surface area (Å²) in [6, 6.07) is 15.6. The number of anilines is 1. The second-order valence-corrected chi connectivity index (χ2v) is 5.82. The Hall–Kier alpha value is -2.49. The van der Waals surface area contributed by atoms with E-state index >= 15 is 0 Å². The number of carbonyl (C=O) groups is 1. The maximum atomic E-state index is 12.1. The van der Waals surface area contributed by atoms with Gasteiger partial charge in [-0.2, -0.15) is 0 Å². The molecule has 4 nitrogen and oxygen atoms in total. The van der Waals surface area contributed by atoms with Crippen LogP contribution in [-0.4, -0.2) is 19.1 Å². The molecular formula is C21H27NO3. The Morgan fingerprint density at radius 3 is 2.48 bits per heavy atom. The van der Waals surface area contributed by atoms with Gasteiger partial charge in [0.05, 0.1) is 18.9 Å². The molecule has 0 aliphatic rings. The first-order chi connectivity index (χ1) is 12.2. The van der Waals surface area contributed by atoms with E-state index in [2.05, 4.69) is 24.4 Å². The predicted molar refractivity (Wildman–Crippen MR) is 101 cm³/mol. The van der Waals surface area contributed by atoms with Crippen molar-refractivity contribution in [3.8, 4) is 11.5 Å². The number of hydrogen-bond donors (Lipinski definition) is 1. The summed E-state index contributed by atoms with van der Waals surface area (Å²) in [5, 5.41) is 2.90. The van der Waals surface area contributed by atoms with Crippen molar-refractivity contribution in [3.63, 3.8) is 0 Å². The van der Waals surface area contributed by atoms with Crippen molar-refractivity contribution in [2.45, 2.75) is 39.5 Å². The lowest BCUT2D eigenvalue weighted by molar-refractivity contribution is -0.116. The quantitative estimate of drug-likeness (QED) is 0.629. The van der Waals surface area contributed by atoms with E-state index in [1.807, 2.05) is 43.3 Å². The zero-order chi connectivity index (χ0) is 17.9. The van der Waals surface area contributed by atoms with E-state index in [1.54, 1.807) is 0 Å². The number of nitrogens with one attached hydrogen (secondary N) is 1. The smallest absolute Gasteiger partial charge is 0.224 e. The molecule has 25 heavy (non-hydrogen) atoms. The largest absolute Gasteiger partial charge is 0.494 e. The Labute approximate surface area is 150 Å². The van der Waals surface area contributed by atoms with Crippen molar-refractivity contribution in [1.82, 2.24) is 0 Å². The van der Waals surface area contributed by atoms with E-state index in [0.29, 0.717) is 37.5 Å². The third kappa shape index (κ3) is 6.49. The van der Waals surface area contributed by atoms with Crippen molar-refractivity contribution < 1.29 is 14.3 Å². The highest BCUT2D eigenvalue weighted by Crippen LogP contribution is 2.23. The molecule has 0 saturated heterocycles. The summed E-state index contributed by atoms with van der Waals surface area (Å²) < 4.78 is 11.2. The van der Waals surface area contributed by atoms with Gasteiger partial charge in [-0.25, -0.2) is 0 Å². The van der Waals surface area contributed by atoms with Crippen LogP contribution in [0.15, 0.2) is 48.5 Å². The lowest BCUT2D eigenvalue weighted by Crippen LogP contribution is -2.13. The fourth-order valence-electron chi connectivity index (χ4n) is 2.53. The van der Waals surface area contributed by atoms with Gasteiger partial charge in [-0.1, -0.05) is 37.6 Å². The monoisotopic (exact) mass is 341 g/mol. The molecule has 0 bridgehead atoms. The van der Waals surface area contributed by atoms with Crippen molar-refractivity contribution in [2.24, 2.45) is 0 Å². The minimum Gasteiger partial charge on any atom is -0.494 e. The van der Waals surface area contributed by atoms with Crippen molar-refractivity contribution in [2.75, 3.05) is 18.5 Å². The van der Waals surface area contributed by atoms with Gasteiger partial charge in [0.25, 0.3) is 0 Å². The predicted octanol–water partition coefficient (Wildman–Crippen LogP) is 4.84. The van der Waals surface area contributed by atoms with Gasteiger partial charge in [0.15, 0.2) is 0 Å². The molecular weight excluding hydrogens is 314 g/mol. The molecule has 1 amide bonds. The lowest BCUT2D eigenvalue weighted by atomic mass is 10.1. The van der Waals surface area contributed by atoms with Crippen LogP contribution in [0.4, 0.5) is 5.69 Å². The maximum Gasteiger partial charge on any atom is 0.224 e. The molecule has 0 fully saturated rings. The minimum atomic E-state index is -0.0333. The lowest BCUT2D eigenvalue weighted by Gasteiger charge is -2.11. The van der Waals surface area contributed by atoms with Crippen LogP contribution in [0.5, 0.6) is 11.5 Å². The minimum absolute atomic E-state index is 0.0333.